The highest BCUT2D eigenvalue weighted by molar-refractivity contribution is 5.83. The Hall–Kier alpha value is -2.21. The molecule has 1 atom stereocenters. The van der Waals surface area contributed by atoms with Crippen LogP contribution in [0.25, 0.3) is 0 Å². The van der Waals surface area contributed by atoms with Crippen molar-refractivity contribution in [2.24, 2.45) is 5.92 Å². The number of carbonyl (C=O) groups excluding carboxylic acids is 1. The number of hydrogen-bond acceptors (Lipinski definition) is 3. The maximum Gasteiger partial charge on any atom is 0.244 e. The molecule has 26 heavy (non-hydrogen) atoms. The number of hydrogen-bond donors (Lipinski definition) is 0. The standard InChI is InChI=1S/C20H27FN4O/c1-15-22-9-12-25(15)14-16-7-10-24(11-8-16)20(26)19(23(2)3)17-5-4-6-18(21)13-17/h4-6,9,12-13,16,19H,7-8,10-11,14H2,1-3H3. The van der Waals surface area contributed by atoms with E-state index in [0.717, 1.165) is 38.3 Å². The summed E-state index contributed by atoms with van der Waals surface area (Å²) < 4.78 is 15.8. The van der Waals surface area contributed by atoms with Gasteiger partial charge < -0.3 is 9.47 Å². The molecule has 140 valence electrons. The topological polar surface area (TPSA) is 41.4 Å². The fraction of sp³-hybridized carbons (Fsp3) is 0.500. The molecular weight excluding hydrogens is 331 g/mol. The summed E-state index contributed by atoms with van der Waals surface area (Å²) in [4.78, 5) is 21.1. The van der Waals surface area contributed by atoms with Crippen molar-refractivity contribution in [2.45, 2.75) is 32.4 Å². The molecule has 5 nitrogen and oxygen atoms in total. The van der Waals surface area contributed by atoms with E-state index < -0.39 is 6.04 Å². The van der Waals surface area contributed by atoms with E-state index in [-0.39, 0.29) is 11.7 Å². The third-order valence-corrected chi connectivity index (χ3v) is 5.22. The number of aromatic nitrogens is 2. The first-order valence-electron chi connectivity index (χ1n) is 9.14. The smallest absolute Gasteiger partial charge is 0.244 e. The normalized spacial score (nSPS) is 16.9. The van der Waals surface area contributed by atoms with E-state index >= 15 is 0 Å². The van der Waals surface area contributed by atoms with E-state index in [1.165, 1.54) is 12.1 Å². The third kappa shape index (κ3) is 4.12. The van der Waals surface area contributed by atoms with Crippen LogP contribution in [0.15, 0.2) is 36.7 Å². The maximum atomic E-state index is 13.6. The number of likely N-dealkylation sites (tertiary alicyclic amines) is 1. The Morgan fingerprint density at radius 3 is 2.65 bits per heavy atom. The first kappa shape index (κ1) is 18.6. The second kappa shape index (κ2) is 7.99. The van der Waals surface area contributed by atoms with Crippen LogP contribution < -0.4 is 0 Å². The predicted octanol–water partition coefficient (Wildman–Crippen LogP) is 2.87. The molecule has 1 aliphatic heterocycles. The number of rotatable bonds is 5. The van der Waals surface area contributed by atoms with E-state index in [1.54, 1.807) is 6.07 Å². The number of aryl methyl sites for hydroxylation is 1. The molecule has 1 fully saturated rings. The lowest BCUT2D eigenvalue weighted by Gasteiger charge is -2.36. The van der Waals surface area contributed by atoms with Gasteiger partial charge in [-0.15, -0.1) is 0 Å². The minimum Gasteiger partial charge on any atom is -0.341 e. The van der Waals surface area contributed by atoms with Gasteiger partial charge >= 0.3 is 0 Å². The first-order chi connectivity index (χ1) is 12.5. The molecule has 0 N–H and O–H groups in total. The molecule has 0 aliphatic carbocycles. The van der Waals surface area contributed by atoms with Gasteiger partial charge in [-0.1, -0.05) is 12.1 Å². The van der Waals surface area contributed by atoms with Crippen molar-refractivity contribution in [1.29, 1.82) is 0 Å². The molecule has 6 heteroatoms. The number of imidazole rings is 1. The van der Waals surface area contributed by atoms with Crippen LogP contribution >= 0.6 is 0 Å². The quantitative estimate of drug-likeness (QED) is 0.825. The molecule has 1 aromatic heterocycles. The van der Waals surface area contributed by atoms with Crippen molar-refractivity contribution in [1.82, 2.24) is 19.4 Å². The molecule has 2 aromatic rings. The van der Waals surface area contributed by atoms with Crippen LogP contribution in [0.3, 0.4) is 0 Å². The zero-order valence-corrected chi connectivity index (χ0v) is 15.7. The Morgan fingerprint density at radius 1 is 1.35 bits per heavy atom. The molecule has 1 aromatic carbocycles. The fourth-order valence-corrected chi connectivity index (χ4v) is 3.72. The van der Waals surface area contributed by atoms with Gasteiger partial charge in [-0.3, -0.25) is 9.69 Å². The summed E-state index contributed by atoms with van der Waals surface area (Å²) in [5.74, 6) is 1.33. The number of piperidine rings is 1. The average Bonchev–Trinajstić information content (AvgIpc) is 3.00. The maximum absolute atomic E-state index is 13.6. The highest BCUT2D eigenvalue weighted by Crippen LogP contribution is 2.26. The lowest BCUT2D eigenvalue weighted by atomic mass is 9.95. The molecule has 1 amide bonds. The third-order valence-electron chi connectivity index (χ3n) is 5.22. The summed E-state index contributed by atoms with van der Waals surface area (Å²) in [6.07, 6.45) is 5.80. The van der Waals surface area contributed by atoms with Crippen molar-refractivity contribution in [2.75, 3.05) is 27.2 Å². The Balaban J connectivity index is 1.63. The van der Waals surface area contributed by atoms with E-state index in [9.17, 15) is 9.18 Å². The molecule has 2 heterocycles. The highest BCUT2D eigenvalue weighted by atomic mass is 19.1. The lowest BCUT2D eigenvalue weighted by Crippen LogP contribution is -2.45. The summed E-state index contributed by atoms with van der Waals surface area (Å²) in [5.41, 5.74) is 0.705. The van der Waals surface area contributed by atoms with Crippen LogP contribution in [0, 0.1) is 18.7 Å². The summed E-state index contributed by atoms with van der Waals surface area (Å²) in [6, 6.07) is 5.90. The van der Waals surface area contributed by atoms with Crippen molar-refractivity contribution in [3.05, 3.63) is 53.9 Å². The zero-order valence-electron chi connectivity index (χ0n) is 15.7. The number of likely N-dealkylation sites (N-methyl/N-ethyl adjacent to an activating group) is 1. The van der Waals surface area contributed by atoms with Gasteiger partial charge in [0.1, 0.15) is 17.7 Å². The van der Waals surface area contributed by atoms with Gasteiger partial charge in [-0.25, -0.2) is 9.37 Å². The van der Waals surface area contributed by atoms with Crippen LogP contribution in [0.5, 0.6) is 0 Å². The molecule has 1 saturated heterocycles. The summed E-state index contributed by atoms with van der Waals surface area (Å²) in [5, 5.41) is 0. The van der Waals surface area contributed by atoms with Crippen LogP contribution in [0.2, 0.25) is 0 Å². The van der Waals surface area contributed by atoms with Crippen molar-refractivity contribution in [3.8, 4) is 0 Å². The fourth-order valence-electron chi connectivity index (χ4n) is 3.72. The molecule has 0 radical (unpaired) electrons. The van der Waals surface area contributed by atoms with E-state index in [2.05, 4.69) is 9.55 Å². The van der Waals surface area contributed by atoms with Crippen molar-refractivity contribution >= 4 is 5.91 Å². The van der Waals surface area contributed by atoms with Gasteiger partial charge in [0.25, 0.3) is 0 Å². The van der Waals surface area contributed by atoms with Gasteiger partial charge in [0.15, 0.2) is 0 Å². The number of nitrogens with zero attached hydrogens (tertiary/aromatic N) is 4. The van der Waals surface area contributed by atoms with Gasteiger partial charge in [-0.2, -0.15) is 0 Å². The van der Waals surface area contributed by atoms with E-state index in [1.807, 2.05) is 49.3 Å². The van der Waals surface area contributed by atoms with Crippen LogP contribution in [0.4, 0.5) is 4.39 Å². The second-order valence-corrected chi connectivity index (χ2v) is 7.32. The van der Waals surface area contributed by atoms with Gasteiger partial charge in [0.2, 0.25) is 5.91 Å². The lowest BCUT2D eigenvalue weighted by molar-refractivity contribution is -0.137. The Kier molecular flexibility index (Phi) is 5.71. The summed E-state index contributed by atoms with van der Waals surface area (Å²) in [7, 11) is 3.73. The largest absolute Gasteiger partial charge is 0.341 e. The molecule has 1 unspecified atom stereocenters. The first-order valence-corrected chi connectivity index (χ1v) is 9.14. The minimum absolute atomic E-state index is 0.0536. The predicted molar refractivity (Wildman–Crippen MR) is 99.1 cm³/mol. The zero-order chi connectivity index (χ0) is 18.7. The van der Waals surface area contributed by atoms with E-state index in [4.69, 9.17) is 0 Å². The highest BCUT2D eigenvalue weighted by Gasteiger charge is 2.31. The minimum atomic E-state index is -0.446. The SMILES string of the molecule is Cc1nccn1CC1CCN(C(=O)C(c2cccc(F)c2)N(C)C)CC1. The van der Waals surface area contributed by atoms with Crippen molar-refractivity contribution < 1.29 is 9.18 Å². The number of halogens is 1. The number of amides is 1. The molecular formula is C20H27FN4O. The molecule has 3 rings (SSSR count). The Labute approximate surface area is 154 Å². The number of carbonyl (C=O) groups is 1. The Bertz CT molecular complexity index is 750. The second-order valence-electron chi connectivity index (χ2n) is 7.32. The van der Waals surface area contributed by atoms with Crippen molar-refractivity contribution in [3.63, 3.8) is 0 Å². The average molecular weight is 358 g/mol. The molecule has 0 bridgehead atoms. The van der Waals surface area contributed by atoms with E-state index in [0.29, 0.717) is 11.5 Å². The van der Waals surface area contributed by atoms with Gasteiger partial charge in [0.05, 0.1) is 0 Å². The number of benzene rings is 1. The van der Waals surface area contributed by atoms with Crippen LogP contribution in [-0.4, -0.2) is 52.4 Å². The Morgan fingerprint density at radius 2 is 2.08 bits per heavy atom. The van der Waals surface area contributed by atoms with Gasteiger partial charge in [0, 0.05) is 32.0 Å². The summed E-state index contributed by atoms with van der Waals surface area (Å²) in [6.45, 7) is 4.46. The molecule has 0 spiro atoms. The molecule has 1 aliphatic rings. The monoisotopic (exact) mass is 358 g/mol. The van der Waals surface area contributed by atoms with Gasteiger partial charge in [-0.05, 0) is 57.5 Å². The molecule has 0 saturated carbocycles. The van der Waals surface area contributed by atoms with Crippen LogP contribution in [0.1, 0.15) is 30.3 Å². The van der Waals surface area contributed by atoms with Crippen LogP contribution in [-0.2, 0) is 11.3 Å². The summed E-state index contributed by atoms with van der Waals surface area (Å²) >= 11 is 0.